The number of hydrogen-bond acceptors (Lipinski definition) is 3. The minimum atomic E-state index is 0.244. The molecular weight excluding hydrogens is 298 g/mol. The van der Waals surface area contributed by atoms with Gasteiger partial charge in [-0.25, -0.2) is 0 Å². The van der Waals surface area contributed by atoms with Crippen LogP contribution in [0.15, 0.2) is 36.5 Å². The molecule has 2 aliphatic rings. The number of fused-ring (bicyclic) bond motifs is 1. The number of pyridine rings is 1. The lowest BCUT2D eigenvalue weighted by Crippen LogP contribution is -2.46. The summed E-state index contributed by atoms with van der Waals surface area (Å²) in [6.45, 7) is 4.30. The molecule has 2 saturated heterocycles. The van der Waals surface area contributed by atoms with Crippen LogP contribution in [0.5, 0.6) is 0 Å². The standard InChI is InChI=1S/C20H25N3O/c24-19(15-17-6-3-5-16-7-4-10-21-20(16)17)23-13-8-18(9-14-23)22-11-1-2-12-22/h3-7,10,18H,1-2,8-9,11-15H2. The predicted octanol–water partition coefficient (Wildman–Crippen LogP) is 2.86. The Morgan fingerprint density at radius 1 is 1.04 bits per heavy atom. The molecule has 0 atom stereocenters. The van der Waals surface area contributed by atoms with Gasteiger partial charge in [0.05, 0.1) is 11.9 Å². The van der Waals surface area contributed by atoms with E-state index in [2.05, 4.69) is 22.0 Å². The summed E-state index contributed by atoms with van der Waals surface area (Å²) in [7, 11) is 0. The van der Waals surface area contributed by atoms with Crippen LogP contribution in [0.4, 0.5) is 0 Å². The molecule has 0 N–H and O–H groups in total. The average molecular weight is 323 g/mol. The fourth-order valence-electron chi connectivity index (χ4n) is 4.17. The number of likely N-dealkylation sites (tertiary alicyclic amines) is 2. The Morgan fingerprint density at radius 3 is 2.58 bits per heavy atom. The highest BCUT2D eigenvalue weighted by molar-refractivity contribution is 5.87. The molecule has 24 heavy (non-hydrogen) atoms. The van der Waals surface area contributed by atoms with Crippen LogP contribution in [0.3, 0.4) is 0 Å². The van der Waals surface area contributed by atoms with E-state index in [4.69, 9.17) is 0 Å². The summed E-state index contributed by atoms with van der Waals surface area (Å²) < 4.78 is 0. The zero-order valence-electron chi connectivity index (χ0n) is 14.2. The first kappa shape index (κ1) is 15.6. The van der Waals surface area contributed by atoms with E-state index < -0.39 is 0 Å². The van der Waals surface area contributed by atoms with E-state index in [0.717, 1.165) is 42.4 Å². The number of hydrogen-bond donors (Lipinski definition) is 0. The van der Waals surface area contributed by atoms with Crippen LogP contribution in [0.2, 0.25) is 0 Å². The Hall–Kier alpha value is -1.94. The summed E-state index contributed by atoms with van der Waals surface area (Å²) >= 11 is 0. The Balaban J connectivity index is 1.39. The Bertz CT molecular complexity index is 710. The van der Waals surface area contributed by atoms with E-state index in [9.17, 15) is 4.79 Å². The second-order valence-electron chi connectivity index (χ2n) is 7.02. The van der Waals surface area contributed by atoms with Crippen LogP contribution in [-0.2, 0) is 11.2 Å². The maximum atomic E-state index is 12.7. The molecule has 0 spiro atoms. The molecule has 0 unspecified atom stereocenters. The molecule has 126 valence electrons. The lowest BCUT2D eigenvalue weighted by Gasteiger charge is -2.36. The van der Waals surface area contributed by atoms with Crippen molar-refractivity contribution in [2.75, 3.05) is 26.2 Å². The first-order chi connectivity index (χ1) is 11.8. The summed E-state index contributed by atoms with van der Waals surface area (Å²) in [4.78, 5) is 21.9. The monoisotopic (exact) mass is 323 g/mol. The van der Waals surface area contributed by atoms with Crippen molar-refractivity contribution in [3.05, 3.63) is 42.1 Å². The molecule has 0 bridgehead atoms. The van der Waals surface area contributed by atoms with Crippen molar-refractivity contribution < 1.29 is 4.79 Å². The molecule has 0 aliphatic carbocycles. The number of aromatic nitrogens is 1. The third kappa shape index (κ3) is 3.16. The third-order valence-corrected chi connectivity index (χ3v) is 5.53. The topological polar surface area (TPSA) is 36.4 Å². The largest absolute Gasteiger partial charge is 0.342 e. The van der Waals surface area contributed by atoms with Gasteiger partial charge in [0.25, 0.3) is 0 Å². The summed E-state index contributed by atoms with van der Waals surface area (Å²) in [5, 5.41) is 1.11. The molecule has 4 heteroatoms. The molecule has 0 radical (unpaired) electrons. The van der Waals surface area contributed by atoms with Gasteiger partial charge in [0.1, 0.15) is 0 Å². The zero-order chi connectivity index (χ0) is 16.4. The Morgan fingerprint density at radius 2 is 1.79 bits per heavy atom. The van der Waals surface area contributed by atoms with Gasteiger partial charge in [-0.05, 0) is 50.4 Å². The fourth-order valence-corrected chi connectivity index (χ4v) is 4.17. The van der Waals surface area contributed by atoms with Gasteiger partial charge >= 0.3 is 0 Å². The molecule has 0 saturated carbocycles. The second kappa shape index (κ2) is 6.89. The third-order valence-electron chi connectivity index (χ3n) is 5.53. The first-order valence-corrected chi connectivity index (χ1v) is 9.16. The smallest absolute Gasteiger partial charge is 0.227 e. The van der Waals surface area contributed by atoms with Gasteiger partial charge in [0, 0.05) is 30.7 Å². The quantitative estimate of drug-likeness (QED) is 0.871. The van der Waals surface area contributed by atoms with Crippen LogP contribution in [-0.4, -0.2) is 52.9 Å². The van der Waals surface area contributed by atoms with Crippen LogP contribution < -0.4 is 0 Å². The van der Waals surface area contributed by atoms with Crippen molar-refractivity contribution in [1.82, 2.24) is 14.8 Å². The van der Waals surface area contributed by atoms with Crippen LogP contribution in [0.1, 0.15) is 31.2 Å². The van der Waals surface area contributed by atoms with Crippen LogP contribution in [0.25, 0.3) is 10.9 Å². The van der Waals surface area contributed by atoms with E-state index in [1.165, 1.54) is 25.9 Å². The van der Waals surface area contributed by atoms with E-state index in [0.29, 0.717) is 12.5 Å². The van der Waals surface area contributed by atoms with Gasteiger partial charge in [0.15, 0.2) is 0 Å². The maximum absolute atomic E-state index is 12.7. The van der Waals surface area contributed by atoms with E-state index in [1.807, 2.05) is 23.1 Å². The normalized spacial score (nSPS) is 19.9. The van der Waals surface area contributed by atoms with Gasteiger partial charge in [-0.15, -0.1) is 0 Å². The molecule has 2 fully saturated rings. The van der Waals surface area contributed by atoms with Crippen molar-refractivity contribution in [2.45, 2.75) is 38.1 Å². The minimum absolute atomic E-state index is 0.244. The molecule has 3 heterocycles. The van der Waals surface area contributed by atoms with Gasteiger partial charge in [-0.3, -0.25) is 9.78 Å². The number of piperidine rings is 1. The number of rotatable bonds is 3. The molecule has 4 rings (SSSR count). The average Bonchev–Trinajstić information content (AvgIpc) is 3.17. The lowest BCUT2D eigenvalue weighted by molar-refractivity contribution is -0.132. The van der Waals surface area contributed by atoms with Crippen LogP contribution in [0, 0.1) is 0 Å². The van der Waals surface area contributed by atoms with Gasteiger partial charge in [0.2, 0.25) is 5.91 Å². The van der Waals surface area contributed by atoms with Crippen molar-refractivity contribution in [1.29, 1.82) is 0 Å². The summed E-state index contributed by atoms with van der Waals surface area (Å²) in [5.41, 5.74) is 2.00. The Kier molecular flexibility index (Phi) is 4.48. The first-order valence-electron chi connectivity index (χ1n) is 9.16. The van der Waals surface area contributed by atoms with E-state index >= 15 is 0 Å². The summed E-state index contributed by atoms with van der Waals surface area (Å²) in [6.07, 6.45) is 7.19. The van der Waals surface area contributed by atoms with Gasteiger partial charge in [-0.2, -0.15) is 0 Å². The lowest BCUT2D eigenvalue weighted by atomic mass is 10.0. The molecule has 1 amide bonds. The fraction of sp³-hybridized carbons (Fsp3) is 0.500. The van der Waals surface area contributed by atoms with E-state index in [1.54, 1.807) is 6.20 Å². The number of carbonyl (C=O) groups excluding carboxylic acids is 1. The van der Waals surface area contributed by atoms with Crippen molar-refractivity contribution >= 4 is 16.8 Å². The number of amides is 1. The minimum Gasteiger partial charge on any atom is -0.342 e. The highest BCUT2D eigenvalue weighted by Gasteiger charge is 2.28. The van der Waals surface area contributed by atoms with Crippen LogP contribution >= 0.6 is 0 Å². The number of carbonyl (C=O) groups is 1. The number of para-hydroxylation sites is 1. The molecular formula is C20H25N3O. The molecule has 1 aromatic carbocycles. The molecule has 1 aromatic heterocycles. The summed E-state index contributed by atoms with van der Waals surface area (Å²) in [5.74, 6) is 0.244. The van der Waals surface area contributed by atoms with Crippen molar-refractivity contribution in [2.24, 2.45) is 0 Å². The Labute approximate surface area is 143 Å². The summed E-state index contributed by atoms with van der Waals surface area (Å²) in [6, 6.07) is 10.8. The van der Waals surface area contributed by atoms with Gasteiger partial charge in [-0.1, -0.05) is 24.3 Å². The number of benzene rings is 1. The SMILES string of the molecule is O=C(Cc1cccc2cccnc12)N1CCC(N2CCCC2)CC1. The van der Waals surface area contributed by atoms with Crippen molar-refractivity contribution in [3.8, 4) is 0 Å². The highest BCUT2D eigenvalue weighted by atomic mass is 16.2. The zero-order valence-corrected chi connectivity index (χ0v) is 14.2. The van der Waals surface area contributed by atoms with E-state index in [-0.39, 0.29) is 5.91 Å². The maximum Gasteiger partial charge on any atom is 0.227 e. The van der Waals surface area contributed by atoms with Gasteiger partial charge < -0.3 is 9.80 Å². The molecule has 2 aromatic rings. The highest BCUT2D eigenvalue weighted by Crippen LogP contribution is 2.22. The molecule has 4 nitrogen and oxygen atoms in total. The predicted molar refractivity (Wildman–Crippen MR) is 95.9 cm³/mol. The second-order valence-corrected chi connectivity index (χ2v) is 7.02. The number of nitrogens with zero attached hydrogens (tertiary/aromatic N) is 3. The van der Waals surface area contributed by atoms with Crippen molar-refractivity contribution in [3.63, 3.8) is 0 Å². The molecule has 2 aliphatic heterocycles.